The number of hydrogen-bond acceptors (Lipinski definition) is 5. The standard InChI is InChI=1S/C17H15F4N3O3/c1-27-15(26)16(17(19,20)21,24-23-11-7-3-2-4-8-11)22-14(25)12-9-5-6-10-13(12)18/h2-10,23-24H,1H3,(H,22,25)/t16-/m1/s1. The fourth-order valence-electron chi connectivity index (χ4n) is 2.11. The summed E-state index contributed by atoms with van der Waals surface area (Å²) < 4.78 is 59.3. The van der Waals surface area contributed by atoms with Gasteiger partial charge in [-0.2, -0.15) is 18.6 Å². The lowest BCUT2D eigenvalue weighted by atomic mass is 10.1. The molecule has 144 valence electrons. The van der Waals surface area contributed by atoms with Gasteiger partial charge in [0.05, 0.1) is 12.7 Å². The number of amides is 1. The van der Waals surface area contributed by atoms with Crippen molar-refractivity contribution in [2.75, 3.05) is 12.5 Å². The third-order valence-electron chi connectivity index (χ3n) is 3.50. The molecule has 1 atom stereocenters. The number of carbonyl (C=O) groups is 2. The number of anilines is 1. The Bertz CT molecular complexity index is 815. The summed E-state index contributed by atoms with van der Waals surface area (Å²) in [6, 6.07) is 12.0. The van der Waals surface area contributed by atoms with E-state index in [4.69, 9.17) is 0 Å². The van der Waals surface area contributed by atoms with Gasteiger partial charge in [-0.05, 0) is 24.3 Å². The number of benzene rings is 2. The lowest BCUT2D eigenvalue weighted by Gasteiger charge is -2.34. The fraction of sp³-hybridized carbons (Fsp3) is 0.176. The molecule has 0 saturated heterocycles. The lowest BCUT2D eigenvalue weighted by molar-refractivity contribution is -0.215. The molecule has 2 aromatic rings. The van der Waals surface area contributed by atoms with Gasteiger partial charge in [-0.15, -0.1) is 0 Å². The van der Waals surface area contributed by atoms with Crippen LogP contribution in [0.4, 0.5) is 23.2 Å². The lowest BCUT2D eigenvalue weighted by Crippen LogP contribution is -2.73. The number of carbonyl (C=O) groups excluding carboxylic acids is 2. The van der Waals surface area contributed by atoms with Gasteiger partial charge in [-0.25, -0.2) is 9.18 Å². The number of rotatable bonds is 6. The van der Waals surface area contributed by atoms with Crippen LogP contribution in [-0.4, -0.2) is 30.8 Å². The Labute approximate surface area is 151 Å². The molecule has 0 aliphatic carbocycles. The van der Waals surface area contributed by atoms with E-state index in [0.717, 1.165) is 19.2 Å². The Kier molecular flexibility index (Phi) is 6.01. The van der Waals surface area contributed by atoms with E-state index in [-0.39, 0.29) is 5.69 Å². The monoisotopic (exact) mass is 385 g/mol. The van der Waals surface area contributed by atoms with Crippen LogP contribution in [0.1, 0.15) is 10.4 Å². The van der Waals surface area contributed by atoms with Gasteiger partial charge in [0.25, 0.3) is 5.91 Å². The number of hydrazine groups is 1. The van der Waals surface area contributed by atoms with Crippen molar-refractivity contribution in [3.63, 3.8) is 0 Å². The Morgan fingerprint density at radius 2 is 1.56 bits per heavy atom. The molecule has 0 fully saturated rings. The molecule has 0 heterocycles. The highest BCUT2D eigenvalue weighted by Gasteiger charge is 2.63. The van der Waals surface area contributed by atoms with Crippen molar-refractivity contribution in [2.24, 2.45) is 0 Å². The van der Waals surface area contributed by atoms with E-state index in [1.807, 2.05) is 0 Å². The smallest absolute Gasteiger partial charge is 0.438 e. The minimum Gasteiger partial charge on any atom is -0.466 e. The van der Waals surface area contributed by atoms with Gasteiger partial charge in [0, 0.05) is 5.69 Å². The highest BCUT2D eigenvalue weighted by Crippen LogP contribution is 2.30. The Morgan fingerprint density at radius 1 is 0.963 bits per heavy atom. The maximum absolute atomic E-state index is 13.8. The first-order valence-electron chi connectivity index (χ1n) is 7.51. The number of esters is 1. The molecule has 10 heteroatoms. The molecule has 0 bridgehead atoms. The average Bonchev–Trinajstić information content (AvgIpc) is 2.64. The zero-order chi connectivity index (χ0) is 20.1. The van der Waals surface area contributed by atoms with Gasteiger partial charge >= 0.3 is 17.8 Å². The van der Waals surface area contributed by atoms with Crippen molar-refractivity contribution in [1.82, 2.24) is 10.7 Å². The molecule has 0 saturated carbocycles. The number of halogens is 4. The van der Waals surface area contributed by atoms with Crippen molar-refractivity contribution in [2.45, 2.75) is 11.8 Å². The summed E-state index contributed by atoms with van der Waals surface area (Å²) in [5, 5.41) is 1.50. The number of methoxy groups -OCH3 is 1. The second kappa shape index (κ2) is 8.04. The van der Waals surface area contributed by atoms with E-state index in [0.29, 0.717) is 0 Å². The molecule has 3 N–H and O–H groups in total. The SMILES string of the molecule is COC(=O)[C@](NNc1ccccc1)(NC(=O)c1ccccc1F)C(F)(F)F. The molecule has 0 aliphatic rings. The molecule has 0 radical (unpaired) electrons. The molecule has 27 heavy (non-hydrogen) atoms. The molecule has 0 spiro atoms. The fourth-order valence-corrected chi connectivity index (χ4v) is 2.11. The summed E-state index contributed by atoms with van der Waals surface area (Å²) in [5.41, 5.74) is -0.208. The summed E-state index contributed by atoms with van der Waals surface area (Å²) in [6.45, 7) is 0. The van der Waals surface area contributed by atoms with E-state index >= 15 is 0 Å². The molecular weight excluding hydrogens is 370 g/mol. The summed E-state index contributed by atoms with van der Waals surface area (Å²) in [7, 11) is 0.724. The largest absolute Gasteiger partial charge is 0.466 e. The van der Waals surface area contributed by atoms with Crippen LogP contribution in [0.5, 0.6) is 0 Å². The van der Waals surface area contributed by atoms with Gasteiger partial charge in [-0.1, -0.05) is 30.3 Å². The van der Waals surface area contributed by atoms with Gasteiger partial charge in [0.1, 0.15) is 5.82 Å². The summed E-state index contributed by atoms with van der Waals surface area (Å²) in [6.07, 6.45) is -5.33. The van der Waals surface area contributed by atoms with Crippen LogP contribution in [-0.2, 0) is 9.53 Å². The molecule has 6 nitrogen and oxygen atoms in total. The number of hydrogen-bond donors (Lipinski definition) is 3. The minimum absolute atomic E-state index is 0.176. The quantitative estimate of drug-likeness (QED) is 0.308. The third kappa shape index (κ3) is 4.34. The zero-order valence-corrected chi connectivity index (χ0v) is 13.9. The summed E-state index contributed by atoms with van der Waals surface area (Å²) >= 11 is 0. The number of alkyl halides is 3. The Morgan fingerprint density at radius 3 is 2.11 bits per heavy atom. The maximum atomic E-state index is 13.8. The van der Waals surface area contributed by atoms with E-state index in [1.54, 1.807) is 11.5 Å². The number of nitrogens with one attached hydrogen (secondary N) is 3. The first-order valence-corrected chi connectivity index (χ1v) is 7.51. The normalized spacial score (nSPS) is 13.4. The van der Waals surface area contributed by atoms with Gasteiger partial charge in [0.15, 0.2) is 0 Å². The van der Waals surface area contributed by atoms with Crippen LogP contribution >= 0.6 is 0 Å². The van der Waals surface area contributed by atoms with Crippen molar-refractivity contribution in [1.29, 1.82) is 0 Å². The van der Waals surface area contributed by atoms with E-state index in [9.17, 15) is 27.2 Å². The maximum Gasteiger partial charge on any atom is 0.438 e. The van der Waals surface area contributed by atoms with E-state index in [1.165, 1.54) is 41.7 Å². The van der Waals surface area contributed by atoms with E-state index < -0.39 is 35.1 Å². The van der Waals surface area contributed by atoms with Crippen LogP contribution in [0, 0.1) is 5.82 Å². The Balaban J connectivity index is 2.40. The third-order valence-corrected chi connectivity index (χ3v) is 3.50. The van der Waals surface area contributed by atoms with Crippen molar-refractivity contribution in [3.8, 4) is 0 Å². The molecule has 0 aromatic heterocycles. The van der Waals surface area contributed by atoms with Gasteiger partial charge in [-0.3, -0.25) is 4.79 Å². The number of ether oxygens (including phenoxy) is 1. The molecule has 0 aliphatic heterocycles. The topological polar surface area (TPSA) is 79.5 Å². The highest BCUT2D eigenvalue weighted by molar-refractivity contribution is 5.98. The summed E-state index contributed by atoms with van der Waals surface area (Å²) in [5.74, 6) is -4.35. The van der Waals surface area contributed by atoms with Crippen LogP contribution in [0.3, 0.4) is 0 Å². The van der Waals surface area contributed by atoms with E-state index in [2.05, 4.69) is 10.2 Å². The van der Waals surface area contributed by atoms with Crippen LogP contribution in [0.15, 0.2) is 54.6 Å². The average molecular weight is 385 g/mol. The molecule has 2 rings (SSSR count). The first-order chi connectivity index (χ1) is 12.7. The van der Waals surface area contributed by atoms with Gasteiger partial charge in [0.2, 0.25) is 0 Å². The number of para-hydroxylation sites is 1. The highest BCUT2D eigenvalue weighted by atomic mass is 19.4. The molecule has 1 amide bonds. The predicted octanol–water partition coefficient (Wildman–Crippen LogP) is 2.60. The van der Waals surface area contributed by atoms with Crippen LogP contribution in [0.2, 0.25) is 0 Å². The van der Waals surface area contributed by atoms with Crippen molar-refractivity contribution < 1.29 is 31.9 Å². The molecular formula is C17H15F4N3O3. The van der Waals surface area contributed by atoms with Crippen molar-refractivity contribution >= 4 is 17.6 Å². The summed E-state index contributed by atoms with van der Waals surface area (Å²) in [4.78, 5) is 24.2. The molecule has 0 unspecified atom stereocenters. The van der Waals surface area contributed by atoms with Crippen molar-refractivity contribution in [3.05, 3.63) is 66.0 Å². The second-order valence-corrected chi connectivity index (χ2v) is 5.29. The molecule has 2 aromatic carbocycles. The Hall–Kier alpha value is -3.14. The second-order valence-electron chi connectivity index (χ2n) is 5.29. The first kappa shape index (κ1) is 20.2. The predicted molar refractivity (Wildman–Crippen MR) is 87.9 cm³/mol. The van der Waals surface area contributed by atoms with Gasteiger partial charge < -0.3 is 15.5 Å². The van der Waals surface area contributed by atoms with Crippen LogP contribution < -0.4 is 16.2 Å². The van der Waals surface area contributed by atoms with Crippen LogP contribution in [0.25, 0.3) is 0 Å². The zero-order valence-electron chi connectivity index (χ0n) is 13.9. The minimum atomic E-state index is -5.33.